The SMILES string of the molecule is CC1COc2ccccc2N1C(=O)C(Cl)Cl.CCOC(=O)C(C)OC(=O)c1cc(Oc2ccc(C(F)(F)F)cc2Cl)ccc1[N+](=O)[O-].CCOCN(C(=O)CCl)c1c(C)cccc1CC.CP(=O)(O)CCC(N)C(=O)O. The summed E-state index contributed by atoms with van der Waals surface area (Å²) in [6, 6.07) is 17.6. The standard InChI is InChI=1S/C19H15ClF3NO7.C14H20ClNO2.C11H11Cl2NO2.C5H12NO4P/c1-3-29-17(25)10(2)30-18(26)13-9-12(5-6-15(13)24(27)28)31-16-7-4-11(8-14(16)20)19(21,22)23;1-4-12-8-6-7-11(3)14(12)16(10-18-5-2)13(17)9-15;1-7-6-16-9-5-3-2-4-8(9)14(7)11(15)10(12)13;1-11(9,10)3-2-4(6)5(7)8/h4-10H,3H2,1-2H3;6-8H,4-5,9-10H2,1-3H3;2-5,7,10H,6H2,1H3;4H,2-3,6H2,1H3,(H,7,8)(H,9,10). The van der Waals surface area contributed by atoms with Crippen molar-refractivity contribution in [2.75, 3.05) is 55.1 Å². The Hall–Kier alpha value is -5.71. The fourth-order valence-corrected chi connectivity index (χ4v) is 7.80. The van der Waals surface area contributed by atoms with Gasteiger partial charge in [0.2, 0.25) is 5.91 Å². The van der Waals surface area contributed by atoms with Crippen LogP contribution in [0.4, 0.5) is 30.2 Å². The molecule has 4 atom stereocenters. The first kappa shape index (κ1) is 66.4. The monoisotopic (exact) mass is 1170 g/mol. The average molecular weight is 1170 g/mol. The van der Waals surface area contributed by atoms with Crippen molar-refractivity contribution in [1.29, 1.82) is 0 Å². The van der Waals surface area contributed by atoms with Gasteiger partial charge in [0.15, 0.2) is 18.3 Å². The van der Waals surface area contributed by atoms with E-state index in [0.717, 1.165) is 59.3 Å². The van der Waals surface area contributed by atoms with Crippen molar-refractivity contribution in [1.82, 2.24) is 0 Å². The lowest BCUT2D eigenvalue weighted by Gasteiger charge is -2.35. The maximum absolute atomic E-state index is 12.8. The average Bonchev–Trinajstić information content (AvgIpc) is 3.36. The molecule has 0 saturated heterocycles. The van der Waals surface area contributed by atoms with E-state index >= 15 is 0 Å². The van der Waals surface area contributed by atoms with Crippen LogP contribution in [-0.2, 0) is 50.6 Å². The molecule has 0 bridgehead atoms. The van der Waals surface area contributed by atoms with E-state index in [9.17, 15) is 51.8 Å². The Morgan fingerprint density at radius 1 is 1.01 bits per heavy atom. The summed E-state index contributed by atoms with van der Waals surface area (Å²) >= 11 is 22.8. The molecular weight excluding hydrogens is 1110 g/mol. The van der Waals surface area contributed by atoms with Crippen molar-refractivity contribution in [2.24, 2.45) is 5.73 Å². The van der Waals surface area contributed by atoms with E-state index in [4.69, 9.17) is 85.8 Å². The number of carbonyl (C=O) groups is 5. The van der Waals surface area contributed by atoms with E-state index in [1.54, 1.807) is 16.7 Å². The predicted octanol–water partition coefficient (Wildman–Crippen LogP) is 10.6. The molecule has 4 unspecified atom stereocenters. The molecule has 0 aliphatic carbocycles. The van der Waals surface area contributed by atoms with Crippen molar-refractivity contribution >= 4 is 101 Å². The zero-order valence-corrected chi connectivity index (χ0v) is 46.1. The maximum atomic E-state index is 12.8. The van der Waals surface area contributed by atoms with E-state index < -0.39 is 70.2 Å². The van der Waals surface area contributed by atoms with Gasteiger partial charge in [-0.05, 0) is 95.0 Å². The number of nitrogens with zero attached hydrogens (tertiary/aromatic N) is 3. The molecule has 418 valence electrons. The van der Waals surface area contributed by atoms with Crippen LogP contribution in [0, 0.1) is 17.0 Å². The van der Waals surface area contributed by atoms with Gasteiger partial charge in [0.1, 0.15) is 48.1 Å². The van der Waals surface area contributed by atoms with Crippen molar-refractivity contribution in [3.8, 4) is 17.2 Å². The van der Waals surface area contributed by atoms with E-state index in [2.05, 4.69) is 6.92 Å². The molecule has 0 fully saturated rings. The van der Waals surface area contributed by atoms with Gasteiger partial charge < -0.3 is 44.3 Å². The number of esters is 2. The third-order valence-corrected chi connectivity index (χ3v) is 12.2. The van der Waals surface area contributed by atoms with Crippen LogP contribution in [0.1, 0.15) is 68.1 Å². The summed E-state index contributed by atoms with van der Waals surface area (Å²) in [4.78, 5) is 79.3. The number of nitro groups is 1. The minimum Gasteiger partial charge on any atom is -0.489 e. The minimum absolute atomic E-state index is 0.0371. The molecule has 19 nitrogen and oxygen atoms in total. The number of aliphatic carboxylic acids is 1. The fraction of sp³-hybridized carbons (Fsp3) is 0.408. The number of rotatable bonds is 18. The predicted molar refractivity (Wildman–Crippen MR) is 282 cm³/mol. The normalized spacial score (nSPS) is 14.2. The van der Waals surface area contributed by atoms with Gasteiger partial charge in [-0.2, -0.15) is 13.2 Å². The van der Waals surface area contributed by atoms with Gasteiger partial charge in [-0.15, -0.1) is 11.6 Å². The second kappa shape index (κ2) is 31.5. The number of alkyl halides is 6. The molecule has 2 amide bonds. The summed E-state index contributed by atoms with van der Waals surface area (Å²) in [5.41, 5.74) is 6.77. The maximum Gasteiger partial charge on any atom is 0.416 e. The minimum atomic E-state index is -4.61. The molecule has 0 saturated carbocycles. The van der Waals surface area contributed by atoms with Gasteiger partial charge in [0.25, 0.3) is 11.6 Å². The number of hydrogen-bond acceptors (Lipinski definition) is 14. The summed E-state index contributed by atoms with van der Waals surface area (Å²) in [7, 11) is -3.10. The molecule has 0 spiro atoms. The van der Waals surface area contributed by atoms with Crippen LogP contribution in [0.15, 0.2) is 78.9 Å². The van der Waals surface area contributed by atoms with Crippen LogP contribution in [0.5, 0.6) is 17.2 Å². The number of carboxylic acids is 1. The summed E-state index contributed by atoms with van der Waals surface area (Å²) in [5.74, 6) is -3.30. The molecule has 0 radical (unpaired) electrons. The first-order chi connectivity index (χ1) is 35.5. The van der Waals surface area contributed by atoms with Gasteiger partial charge in [0, 0.05) is 31.6 Å². The number of benzene rings is 4. The largest absolute Gasteiger partial charge is 0.489 e. The number of carbonyl (C=O) groups excluding carboxylic acids is 4. The quantitative estimate of drug-likeness (QED) is 0.0209. The third kappa shape index (κ3) is 21.0. The van der Waals surface area contributed by atoms with Gasteiger partial charge in [-0.3, -0.25) is 34.0 Å². The van der Waals surface area contributed by atoms with Crippen LogP contribution >= 0.6 is 53.8 Å². The number of anilines is 2. The number of ether oxygens (including phenoxy) is 5. The number of aryl methyl sites for hydroxylation is 2. The highest BCUT2D eigenvalue weighted by Gasteiger charge is 2.33. The third-order valence-electron chi connectivity index (χ3n) is 10.2. The Kier molecular flexibility index (Phi) is 27.5. The Morgan fingerprint density at radius 3 is 2.21 bits per heavy atom. The fourth-order valence-electron chi connectivity index (χ4n) is 6.47. The van der Waals surface area contributed by atoms with Crippen molar-refractivity contribution in [2.45, 2.75) is 83.6 Å². The molecule has 1 aliphatic heterocycles. The number of nitro benzene ring substituents is 1. The Labute approximate surface area is 456 Å². The lowest BCUT2D eigenvalue weighted by molar-refractivity contribution is -0.385. The molecule has 4 aromatic rings. The van der Waals surface area contributed by atoms with Crippen LogP contribution in [-0.4, -0.2) is 113 Å². The van der Waals surface area contributed by atoms with E-state index in [-0.39, 0.29) is 66.2 Å². The highest BCUT2D eigenvalue weighted by atomic mass is 35.5. The Bertz CT molecular complexity index is 2680. The zero-order valence-electron chi connectivity index (χ0n) is 42.2. The van der Waals surface area contributed by atoms with Crippen LogP contribution < -0.4 is 25.0 Å². The highest BCUT2D eigenvalue weighted by Crippen LogP contribution is 2.39. The Balaban J connectivity index is 0.000000374. The van der Waals surface area contributed by atoms with Crippen molar-refractivity contribution in [3.05, 3.63) is 116 Å². The summed E-state index contributed by atoms with van der Waals surface area (Å²) in [5, 5.41) is 19.2. The van der Waals surface area contributed by atoms with Crippen molar-refractivity contribution < 1.29 is 80.3 Å². The zero-order chi connectivity index (χ0) is 57.7. The summed E-state index contributed by atoms with van der Waals surface area (Å²) < 4.78 is 74.8. The number of hydrogen-bond donors (Lipinski definition) is 3. The molecule has 5 rings (SSSR count). The van der Waals surface area contributed by atoms with E-state index in [1.165, 1.54) is 13.6 Å². The molecule has 76 heavy (non-hydrogen) atoms. The van der Waals surface area contributed by atoms with E-state index in [0.29, 0.717) is 25.0 Å². The molecule has 1 aliphatic rings. The topological polar surface area (TPSA) is 265 Å². The van der Waals surface area contributed by atoms with Gasteiger partial charge in [-0.1, -0.05) is 72.1 Å². The van der Waals surface area contributed by atoms with Gasteiger partial charge in [-0.25, -0.2) is 9.59 Å². The Morgan fingerprint density at radius 2 is 1.67 bits per heavy atom. The lowest BCUT2D eigenvalue weighted by atomic mass is 10.0. The number of halogens is 7. The van der Waals surface area contributed by atoms with Crippen LogP contribution in [0.25, 0.3) is 0 Å². The number of carboxylic acid groups (broad SMARTS) is 1. The number of nitrogens with two attached hydrogens (primary N) is 1. The number of fused-ring (bicyclic) bond motifs is 1. The summed E-state index contributed by atoms with van der Waals surface area (Å²) in [6.07, 6.45) is -5.07. The van der Waals surface area contributed by atoms with Crippen LogP contribution in [0.3, 0.4) is 0 Å². The lowest BCUT2D eigenvalue weighted by Crippen LogP contribution is -2.47. The first-order valence-electron chi connectivity index (χ1n) is 22.9. The van der Waals surface area contributed by atoms with E-state index in [1.807, 2.05) is 63.2 Å². The smallest absolute Gasteiger partial charge is 0.416 e. The first-order valence-corrected chi connectivity index (χ1v) is 26.9. The number of para-hydroxylation sites is 3. The van der Waals surface area contributed by atoms with Gasteiger partial charge >= 0.3 is 24.1 Å². The van der Waals surface area contributed by atoms with Gasteiger partial charge in [0.05, 0.1) is 39.5 Å². The number of amides is 2. The van der Waals surface area contributed by atoms with Crippen molar-refractivity contribution in [3.63, 3.8) is 0 Å². The van der Waals surface area contributed by atoms with Crippen LogP contribution in [0.2, 0.25) is 5.02 Å². The molecule has 1 heterocycles. The second-order valence-corrected chi connectivity index (χ2v) is 20.5. The molecular formula is C49H58Cl4F3N4O15P. The second-order valence-electron chi connectivity index (χ2n) is 16.1. The summed E-state index contributed by atoms with van der Waals surface area (Å²) in [6.45, 7) is 13.1. The molecule has 0 aromatic heterocycles. The molecule has 4 aromatic carbocycles. The molecule has 4 N–H and O–H groups in total. The molecule has 27 heteroatoms. The highest BCUT2D eigenvalue weighted by molar-refractivity contribution is 7.57.